The van der Waals surface area contributed by atoms with Crippen molar-refractivity contribution in [2.45, 2.75) is 25.9 Å². The SMILES string of the molecule is O=C(NCc1ccccc1Cl)[C@@H]1CCCN(Cc2ccccc2Cl)C1. The predicted molar refractivity (Wildman–Crippen MR) is 103 cm³/mol. The highest BCUT2D eigenvalue weighted by Gasteiger charge is 2.26. The molecule has 0 spiro atoms. The second-order valence-corrected chi connectivity index (χ2v) is 7.29. The summed E-state index contributed by atoms with van der Waals surface area (Å²) in [6.07, 6.45) is 1.95. The van der Waals surface area contributed by atoms with Crippen molar-refractivity contribution in [3.05, 3.63) is 69.7 Å². The number of rotatable bonds is 5. The van der Waals surface area contributed by atoms with Crippen LogP contribution in [-0.4, -0.2) is 23.9 Å². The standard InChI is InChI=1S/C20H22Cl2N2O/c21-18-9-3-1-6-15(18)12-23-20(25)17-8-5-11-24(14-17)13-16-7-2-4-10-19(16)22/h1-4,6-7,9-10,17H,5,8,11-14H2,(H,23,25)/t17-/m1/s1. The molecule has 25 heavy (non-hydrogen) atoms. The minimum Gasteiger partial charge on any atom is -0.352 e. The number of hydrogen-bond acceptors (Lipinski definition) is 2. The first kappa shape index (κ1) is 18.2. The lowest BCUT2D eigenvalue weighted by Gasteiger charge is -2.32. The summed E-state index contributed by atoms with van der Waals surface area (Å²) in [4.78, 5) is 14.9. The van der Waals surface area contributed by atoms with Gasteiger partial charge < -0.3 is 5.32 Å². The second-order valence-electron chi connectivity index (χ2n) is 6.47. The molecule has 132 valence electrons. The van der Waals surface area contributed by atoms with Crippen LogP contribution in [0.1, 0.15) is 24.0 Å². The molecule has 1 fully saturated rings. The third kappa shape index (κ3) is 4.97. The van der Waals surface area contributed by atoms with E-state index in [1.54, 1.807) is 0 Å². The predicted octanol–water partition coefficient (Wildman–Crippen LogP) is 4.52. The van der Waals surface area contributed by atoms with Crippen molar-refractivity contribution in [2.75, 3.05) is 13.1 Å². The Hall–Kier alpha value is -1.55. The number of amides is 1. The molecule has 1 saturated heterocycles. The summed E-state index contributed by atoms with van der Waals surface area (Å²) >= 11 is 12.4. The summed E-state index contributed by atoms with van der Waals surface area (Å²) in [5.41, 5.74) is 2.06. The van der Waals surface area contributed by atoms with Crippen LogP contribution in [0.15, 0.2) is 48.5 Å². The molecule has 1 aliphatic rings. The zero-order valence-corrected chi connectivity index (χ0v) is 15.6. The molecule has 3 nitrogen and oxygen atoms in total. The smallest absolute Gasteiger partial charge is 0.224 e. The fourth-order valence-electron chi connectivity index (χ4n) is 3.25. The molecule has 1 heterocycles. The molecule has 5 heteroatoms. The number of carbonyl (C=O) groups is 1. The molecule has 2 aromatic carbocycles. The summed E-state index contributed by atoms with van der Waals surface area (Å²) in [5, 5.41) is 4.50. The van der Waals surface area contributed by atoms with E-state index >= 15 is 0 Å². The Labute approximate surface area is 158 Å². The quantitative estimate of drug-likeness (QED) is 0.831. The average molecular weight is 377 g/mol. The van der Waals surface area contributed by atoms with E-state index in [0.717, 1.165) is 48.6 Å². The van der Waals surface area contributed by atoms with Crippen LogP contribution >= 0.6 is 23.2 Å². The summed E-state index contributed by atoms with van der Waals surface area (Å²) in [6.45, 7) is 3.02. The van der Waals surface area contributed by atoms with Gasteiger partial charge in [0.05, 0.1) is 5.92 Å². The lowest BCUT2D eigenvalue weighted by molar-refractivity contribution is -0.126. The maximum absolute atomic E-state index is 12.5. The van der Waals surface area contributed by atoms with E-state index < -0.39 is 0 Å². The molecule has 0 unspecified atom stereocenters. The number of halogens is 2. The van der Waals surface area contributed by atoms with E-state index in [1.165, 1.54) is 0 Å². The normalized spacial score (nSPS) is 18.1. The van der Waals surface area contributed by atoms with Crippen LogP contribution in [0.25, 0.3) is 0 Å². The summed E-state index contributed by atoms with van der Waals surface area (Å²) in [7, 11) is 0. The van der Waals surface area contributed by atoms with Crippen LogP contribution in [0.5, 0.6) is 0 Å². The highest BCUT2D eigenvalue weighted by molar-refractivity contribution is 6.31. The summed E-state index contributed by atoms with van der Waals surface area (Å²) < 4.78 is 0. The van der Waals surface area contributed by atoms with Gasteiger partial charge in [0.25, 0.3) is 0 Å². The van der Waals surface area contributed by atoms with Crippen LogP contribution in [0, 0.1) is 5.92 Å². The minimum atomic E-state index is 0.0127. The first-order valence-electron chi connectivity index (χ1n) is 8.60. The van der Waals surface area contributed by atoms with Gasteiger partial charge in [0.15, 0.2) is 0 Å². The van der Waals surface area contributed by atoms with Crippen LogP contribution in [0.2, 0.25) is 10.0 Å². The van der Waals surface area contributed by atoms with E-state index in [0.29, 0.717) is 11.6 Å². The van der Waals surface area contributed by atoms with Gasteiger partial charge in [0.2, 0.25) is 5.91 Å². The van der Waals surface area contributed by atoms with E-state index in [4.69, 9.17) is 23.2 Å². The molecule has 0 aliphatic carbocycles. The number of likely N-dealkylation sites (tertiary alicyclic amines) is 1. The van der Waals surface area contributed by atoms with E-state index in [9.17, 15) is 4.79 Å². The third-order valence-corrected chi connectivity index (χ3v) is 5.38. The average Bonchev–Trinajstić information content (AvgIpc) is 2.63. The Kier molecular flexibility index (Phi) is 6.35. The Morgan fingerprint density at radius 3 is 2.36 bits per heavy atom. The molecule has 1 aliphatic heterocycles. The number of nitrogens with one attached hydrogen (secondary N) is 1. The molecule has 0 radical (unpaired) electrons. The van der Waals surface area contributed by atoms with Gasteiger partial charge in [-0.05, 0) is 42.6 Å². The van der Waals surface area contributed by atoms with E-state index in [2.05, 4.69) is 10.2 Å². The Morgan fingerprint density at radius 2 is 1.68 bits per heavy atom. The molecule has 1 amide bonds. The van der Waals surface area contributed by atoms with Crippen molar-refractivity contribution < 1.29 is 4.79 Å². The van der Waals surface area contributed by atoms with Gasteiger partial charge in [-0.2, -0.15) is 0 Å². The topological polar surface area (TPSA) is 32.3 Å². The largest absolute Gasteiger partial charge is 0.352 e. The fourth-order valence-corrected chi connectivity index (χ4v) is 3.65. The molecular formula is C20H22Cl2N2O. The van der Waals surface area contributed by atoms with Gasteiger partial charge in [-0.3, -0.25) is 9.69 Å². The molecule has 0 saturated carbocycles. The molecule has 3 rings (SSSR count). The summed E-state index contributed by atoms with van der Waals surface area (Å²) in [5.74, 6) is 0.113. The Bertz CT molecular complexity index is 735. The molecule has 1 N–H and O–H groups in total. The fraction of sp³-hybridized carbons (Fsp3) is 0.350. The number of carbonyl (C=O) groups excluding carboxylic acids is 1. The van der Waals surface area contributed by atoms with Gasteiger partial charge in [0.1, 0.15) is 0 Å². The van der Waals surface area contributed by atoms with E-state index in [-0.39, 0.29) is 11.8 Å². The number of nitrogens with zero attached hydrogens (tertiary/aromatic N) is 1. The Morgan fingerprint density at radius 1 is 1.04 bits per heavy atom. The van der Waals surface area contributed by atoms with Crippen molar-refractivity contribution in [3.8, 4) is 0 Å². The van der Waals surface area contributed by atoms with Crippen molar-refractivity contribution in [1.29, 1.82) is 0 Å². The molecule has 0 aromatic heterocycles. The Balaban J connectivity index is 1.55. The second kappa shape index (κ2) is 8.70. The van der Waals surface area contributed by atoms with Crippen molar-refractivity contribution >= 4 is 29.1 Å². The van der Waals surface area contributed by atoms with Crippen LogP contribution in [0.3, 0.4) is 0 Å². The molecule has 2 aromatic rings. The highest BCUT2D eigenvalue weighted by atomic mass is 35.5. The summed E-state index contributed by atoms with van der Waals surface area (Å²) in [6, 6.07) is 15.5. The monoisotopic (exact) mass is 376 g/mol. The zero-order chi connectivity index (χ0) is 17.6. The van der Waals surface area contributed by atoms with Crippen molar-refractivity contribution in [3.63, 3.8) is 0 Å². The van der Waals surface area contributed by atoms with Crippen molar-refractivity contribution in [1.82, 2.24) is 10.2 Å². The van der Waals surface area contributed by atoms with Gasteiger partial charge in [-0.1, -0.05) is 59.6 Å². The maximum Gasteiger partial charge on any atom is 0.224 e. The molecular weight excluding hydrogens is 355 g/mol. The van der Waals surface area contributed by atoms with E-state index in [1.807, 2.05) is 48.5 Å². The lowest BCUT2D eigenvalue weighted by Crippen LogP contribution is -2.42. The van der Waals surface area contributed by atoms with Gasteiger partial charge in [0, 0.05) is 29.7 Å². The number of benzene rings is 2. The maximum atomic E-state index is 12.5. The minimum absolute atomic E-state index is 0.0127. The number of hydrogen-bond donors (Lipinski definition) is 1. The highest BCUT2D eigenvalue weighted by Crippen LogP contribution is 2.22. The molecule has 0 bridgehead atoms. The number of piperidine rings is 1. The van der Waals surface area contributed by atoms with Crippen LogP contribution in [-0.2, 0) is 17.9 Å². The van der Waals surface area contributed by atoms with Gasteiger partial charge in [-0.15, -0.1) is 0 Å². The third-order valence-electron chi connectivity index (χ3n) is 4.64. The van der Waals surface area contributed by atoms with Gasteiger partial charge >= 0.3 is 0 Å². The zero-order valence-electron chi connectivity index (χ0n) is 14.1. The van der Waals surface area contributed by atoms with Crippen LogP contribution < -0.4 is 5.32 Å². The van der Waals surface area contributed by atoms with Crippen molar-refractivity contribution in [2.24, 2.45) is 5.92 Å². The molecule has 1 atom stereocenters. The lowest BCUT2D eigenvalue weighted by atomic mass is 9.96. The first-order chi connectivity index (χ1) is 12.1. The van der Waals surface area contributed by atoms with Crippen LogP contribution in [0.4, 0.5) is 0 Å². The first-order valence-corrected chi connectivity index (χ1v) is 9.36. The van der Waals surface area contributed by atoms with Gasteiger partial charge in [-0.25, -0.2) is 0 Å².